The Morgan fingerprint density at radius 2 is 1.97 bits per heavy atom. The summed E-state index contributed by atoms with van der Waals surface area (Å²) in [6.07, 6.45) is 2.20. The van der Waals surface area contributed by atoms with Crippen LogP contribution >= 0.6 is 0 Å². The Kier molecular flexibility index (Phi) is 7.40. The number of hydrogen-bond donors (Lipinski definition) is 1. The summed E-state index contributed by atoms with van der Waals surface area (Å²) in [6.45, 7) is 8.59. The maximum Gasteiger partial charge on any atom is 0.416 e. The number of ether oxygens (including phenoxy) is 1. The van der Waals surface area contributed by atoms with E-state index in [1.807, 2.05) is 0 Å². The first kappa shape index (κ1) is 26.0. The number of halogens is 3. The molecular weight excluding hydrogens is 467 g/mol. The molecule has 3 heterocycles. The van der Waals surface area contributed by atoms with Gasteiger partial charge in [0.15, 0.2) is 0 Å². The van der Waals surface area contributed by atoms with Crippen LogP contribution in [0.2, 0.25) is 0 Å². The van der Waals surface area contributed by atoms with E-state index in [9.17, 15) is 18.0 Å². The Morgan fingerprint density at radius 1 is 1.19 bits per heavy atom. The van der Waals surface area contributed by atoms with Gasteiger partial charge in [0.05, 0.1) is 18.2 Å². The van der Waals surface area contributed by atoms with Crippen molar-refractivity contribution < 1.29 is 22.7 Å². The lowest BCUT2D eigenvalue weighted by atomic mass is 9.72. The van der Waals surface area contributed by atoms with E-state index in [2.05, 4.69) is 29.0 Å². The van der Waals surface area contributed by atoms with Gasteiger partial charge in [-0.15, -0.1) is 0 Å². The van der Waals surface area contributed by atoms with E-state index in [0.717, 1.165) is 57.3 Å². The van der Waals surface area contributed by atoms with Gasteiger partial charge in [0.25, 0.3) is 0 Å². The summed E-state index contributed by atoms with van der Waals surface area (Å²) in [5.74, 6) is 1.44. The van der Waals surface area contributed by atoms with Crippen LogP contribution in [-0.2, 0) is 22.3 Å². The molecule has 1 aromatic rings. The highest BCUT2D eigenvalue weighted by Crippen LogP contribution is 2.51. The third kappa shape index (κ3) is 5.05. The molecule has 0 aromatic heterocycles. The summed E-state index contributed by atoms with van der Waals surface area (Å²) < 4.78 is 45.8. The van der Waals surface area contributed by atoms with Gasteiger partial charge >= 0.3 is 6.18 Å². The van der Waals surface area contributed by atoms with Crippen LogP contribution in [0.15, 0.2) is 24.3 Å². The number of carbonyl (C=O) groups is 1. The number of benzene rings is 1. The topological polar surface area (TPSA) is 44.8 Å². The van der Waals surface area contributed by atoms with Crippen LogP contribution in [-0.4, -0.2) is 59.8 Å². The summed E-state index contributed by atoms with van der Waals surface area (Å²) in [7, 11) is 0. The van der Waals surface area contributed by atoms with Crippen molar-refractivity contribution in [3.63, 3.8) is 0 Å². The Labute approximate surface area is 212 Å². The molecular formula is C28H40F3N3O2. The average molecular weight is 508 g/mol. The van der Waals surface area contributed by atoms with Gasteiger partial charge in [0, 0.05) is 31.5 Å². The maximum atomic E-state index is 13.1. The van der Waals surface area contributed by atoms with E-state index in [1.54, 1.807) is 12.1 Å². The first-order valence-electron chi connectivity index (χ1n) is 13.7. The van der Waals surface area contributed by atoms with E-state index >= 15 is 0 Å². The molecule has 4 fully saturated rings. The first-order chi connectivity index (χ1) is 17.2. The van der Waals surface area contributed by atoms with Crippen LogP contribution in [0.4, 0.5) is 13.2 Å². The van der Waals surface area contributed by atoms with Crippen molar-refractivity contribution in [1.29, 1.82) is 0 Å². The number of alkyl halides is 3. The van der Waals surface area contributed by atoms with Crippen molar-refractivity contribution in [2.75, 3.05) is 26.2 Å². The minimum absolute atomic E-state index is 0.147. The van der Waals surface area contributed by atoms with Gasteiger partial charge in [-0.1, -0.05) is 26.0 Å². The van der Waals surface area contributed by atoms with E-state index in [-0.39, 0.29) is 11.9 Å². The number of hydrogen-bond acceptors (Lipinski definition) is 4. The second-order valence-corrected chi connectivity index (χ2v) is 11.7. The molecule has 1 amide bonds. The second kappa shape index (κ2) is 10.3. The molecule has 0 radical (unpaired) electrons. The van der Waals surface area contributed by atoms with Crippen LogP contribution in [0.1, 0.15) is 69.9 Å². The molecule has 5 rings (SSSR count). The lowest BCUT2D eigenvalue weighted by molar-refractivity contribution is -0.192. The van der Waals surface area contributed by atoms with Crippen LogP contribution in [0.3, 0.4) is 0 Å². The highest BCUT2D eigenvalue weighted by molar-refractivity contribution is 5.78. The summed E-state index contributed by atoms with van der Waals surface area (Å²) in [4.78, 5) is 17.6. The fourth-order valence-electron chi connectivity index (χ4n) is 7.14. The van der Waals surface area contributed by atoms with Crippen LogP contribution in [0.25, 0.3) is 0 Å². The molecule has 1 N–H and O–H groups in total. The standard InChI is InChI=1S/C28H40F3N3O2/c1-19(2)25-18-36-27-12-11-24(14-23(27)9-10-26(35)34(25)27)33(17-21-4-3-13-32-15-21)16-20-5-7-22(8-6-20)28(29,30)31/h5-8,19,21,23-25,32H,3-4,9-18H2,1-2H3/t21-,23+,24-,25+,27+/m0/s1. The number of carbonyl (C=O) groups excluding carboxylic acids is 1. The highest BCUT2D eigenvalue weighted by atomic mass is 19.4. The zero-order valence-corrected chi connectivity index (χ0v) is 21.5. The molecule has 1 aromatic carbocycles. The predicted octanol–water partition coefficient (Wildman–Crippen LogP) is 5.05. The van der Waals surface area contributed by atoms with Crippen molar-refractivity contribution in [3.8, 4) is 0 Å². The molecule has 3 saturated heterocycles. The molecule has 1 saturated carbocycles. The molecule has 200 valence electrons. The molecule has 0 bridgehead atoms. The predicted molar refractivity (Wildman–Crippen MR) is 132 cm³/mol. The third-order valence-corrected chi connectivity index (χ3v) is 9.09. The van der Waals surface area contributed by atoms with Gasteiger partial charge in [0.1, 0.15) is 5.72 Å². The minimum Gasteiger partial charge on any atom is -0.353 e. The molecule has 3 aliphatic heterocycles. The highest BCUT2D eigenvalue weighted by Gasteiger charge is 2.59. The van der Waals surface area contributed by atoms with Gasteiger partial charge in [-0.2, -0.15) is 13.2 Å². The van der Waals surface area contributed by atoms with Crippen molar-refractivity contribution in [2.45, 2.75) is 89.3 Å². The zero-order chi connectivity index (χ0) is 25.5. The zero-order valence-electron chi connectivity index (χ0n) is 21.5. The average Bonchev–Trinajstić information content (AvgIpc) is 3.25. The molecule has 5 atom stereocenters. The van der Waals surface area contributed by atoms with Gasteiger partial charge < -0.3 is 15.0 Å². The second-order valence-electron chi connectivity index (χ2n) is 11.7. The summed E-state index contributed by atoms with van der Waals surface area (Å²) in [5, 5.41) is 3.51. The lowest BCUT2D eigenvalue weighted by Crippen LogP contribution is -2.63. The van der Waals surface area contributed by atoms with Gasteiger partial charge in [-0.25, -0.2) is 0 Å². The Bertz CT molecular complexity index is 916. The molecule has 0 unspecified atom stereocenters. The fourth-order valence-corrected chi connectivity index (χ4v) is 7.14. The van der Waals surface area contributed by atoms with E-state index in [0.29, 0.717) is 43.4 Å². The Hall–Kier alpha value is -1.64. The van der Waals surface area contributed by atoms with Crippen LogP contribution in [0.5, 0.6) is 0 Å². The van der Waals surface area contributed by atoms with Crippen molar-refractivity contribution in [2.24, 2.45) is 17.8 Å². The largest absolute Gasteiger partial charge is 0.416 e. The maximum absolute atomic E-state index is 13.1. The van der Waals surface area contributed by atoms with Gasteiger partial charge in [-0.3, -0.25) is 9.69 Å². The van der Waals surface area contributed by atoms with Gasteiger partial charge in [0.2, 0.25) is 5.91 Å². The molecule has 8 heteroatoms. The van der Waals surface area contributed by atoms with Crippen molar-refractivity contribution >= 4 is 5.91 Å². The molecule has 5 nitrogen and oxygen atoms in total. The number of piperidine rings is 2. The fraction of sp³-hybridized carbons (Fsp3) is 0.750. The Morgan fingerprint density at radius 3 is 2.64 bits per heavy atom. The lowest BCUT2D eigenvalue weighted by Gasteiger charge is -2.54. The van der Waals surface area contributed by atoms with E-state index in [1.165, 1.54) is 18.6 Å². The Balaban J connectivity index is 1.34. The number of amides is 1. The monoisotopic (exact) mass is 507 g/mol. The van der Waals surface area contributed by atoms with Gasteiger partial charge in [-0.05, 0) is 81.1 Å². The molecule has 1 spiro atoms. The van der Waals surface area contributed by atoms with Crippen LogP contribution in [0, 0.1) is 17.8 Å². The normalized spacial score (nSPS) is 33.2. The SMILES string of the molecule is CC(C)[C@H]1CO[C@]23CC[C@H](N(Cc4ccc(C(F)(F)F)cc4)C[C@H]4CCCNC4)C[C@H]2CCC(=O)N13. The smallest absolute Gasteiger partial charge is 0.353 e. The third-order valence-electron chi connectivity index (χ3n) is 9.09. The quantitative estimate of drug-likeness (QED) is 0.586. The summed E-state index contributed by atoms with van der Waals surface area (Å²) in [5.41, 5.74) is -0.142. The van der Waals surface area contributed by atoms with E-state index < -0.39 is 17.5 Å². The summed E-state index contributed by atoms with van der Waals surface area (Å²) >= 11 is 0. The number of nitrogens with zero attached hydrogens (tertiary/aromatic N) is 2. The summed E-state index contributed by atoms with van der Waals surface area (Å²) in [6, 6.07) is 6.15. The van der Waals surface area contributed by atoms with Crippen molar-refractivity contribution in [1.82, 2.24) is 15.1 Å². The first-order valence-corrected chi connectivity index (χ1v) is 13.7. The number of nitrogens with one attached hydrogen (secondary N) is 1. The molecule has 4 aliphatic rings. The van der Waals surface area contributed by atoms with Crippen molar-refractivity contribution in [3.05, 3.63) is 35.4 Å². The number of rotatable bonds is 6. The molecule has 1 aliphatic carbocycles. The minimum atomic E-state index is -4.32. The molecule has 36 heavy (non-hydrogen) atoms. The van der Waals surface area contributed by atoms with E-state index in [4.69, 9.17) is 4.74 Å². The van der Waals surface area contributed by atoms with Crippen LogP contribution < -0.4 is 5.32 Å².